The van der Waals surface area contributed by atoms with Gasteiger partial charge in [0.1, 0.15) is 11.6 Å². The molecule has 0 saturated heterocycles. The van der Waals surface area contributed by atoms with E-state index in [0.717, 1.165) is 0 Å². The van der Waals surface area contributed by atoms with Gasteiger partial charge in [-0.2, -0.15) is 0 Å². The van der Waals surface area contributed by atoms with Crippen molar-refractivity contribution in [3.8, 4) is 11.6 Å². The van der Waals surface area contributed by atoms with Gasteiger partial charge in [-0.3, -0.25) is 0 Å². The normalized spacial score (nSPS) is 10.1. The van der Waals surface area contributed by atoms with Gasteiger partial charge in [0.2, 0.25) is 5.88 Å². The van der Waals surface area contributed by atoms with Crippen molar-refractivity contribution in [2.75, 3.05) is 0 Å². The predicted octanol–water partition coefficient (Wildman–Crippen LogP) is 3.47. The molecule has 1 aromatic carbocycles. The summed E-state index contributed by atoms with van der Waals surface area (Å²) in [6.07, 6.45) is 0. The molecule has 2 rings (SSSR count). The number of carboxylic acid groups (broad SMARTS) is 1. The molecule has 0 fully saturated rings. The van der Waals surface area contributed by atoms with Crippen LogP contribution in [-0.4, -0.2) is 16.1 Å². The molecule has 0 radical (unpaired) electrons. The predicted molar refractivity (Wildman–Crippen MR) is 65.4 cm³/mol. The van der Waals surface area contributed by atoms with Crippen LogP contribution >= 0.6 is 15.9 Å². The molecule has 0 aliphatic rings. The third kappa shape index (κ3) is 2.84. The molecule has 1 aromatic heterocycles. The maximum atomic E-state index is 12.7. The van der Waals surface area contributed by atoms with Crippen LogP contribution in [0.5, 0.6) is 11.6 Å². The zero-order chi connectivity index (χ0) is 13.1. The van der Waals surface area contributed by atoms with Gasteiger partial charge in [-0.1, -0.05) is 0 Å². The number of aromatic nitrogens is 1. The van der Waals surface area contributed by atoms with Gasteiger partial charge in [0.15, 0.2) is 5.69 Å². The van der Waals surface area contributed by atoms with E-state index in [1.54, 1.807) is 0 Å². The van der Waals surface area contributed by atoms with E-state index in [1.165, 1.54) is 36.4 Å². The van der Waals surface area contributed by atoms with Crippen molar-refractivity contribution < 1.29 is 19.0 Å². The zero-order valence-electron chi connectivity index (χ0n) is 8.93. The maximum absolute atomic E-state index is 12.7. The van der Waals surface area contributed by atoms with Crippen LogP contribution < -0.4 is 4.74 Å². The average molecular weight is 312 g/mol. The summed E-state index contributed by atoms with van der Waals surface area (Å²) >= 11 is 3.20. The van der Waals surface area contributed by atoms with Crippen molar-refractivity contribution in [3.63, 3.8) is 0 Å². The molecule has 4 nitrogen and oxygen atoms in total. The lowest BCUT2D eigenvalue weighted by molar-refractivity contribution is 0.0689. The summed E-state index contributed by atoms with van der Waals surface area (Å²) in [4.78, 5) is 14.6. The second kappa shape index (κ2) is 5.14. The lowest BCUT2D eigenvalue weighted by Crippen LogP contribution is -2.01. The Bertz CT molecular complexity index is 586. The Kier molecular flexibility index (Phi) is 3.57. The van der Waals surface area contributed by atoms with Crippen LogP contribution in [0.1, 0.15) is 10.5 Å². The number of carboxylic acids is 1. The lowest BCUT2D eigenvalue weighted by Gasteiger charge is -2.07. The van der Waals surface area contributed by atoms with Crippen LogP contribution in [0, 0.1) is 5.82 Å². The Morgan fingerprint density at radius 3 is 2.50 bits per heavy atom. The summed E-state index contributed by atoms with van der Waals surface area (Å²) in [5, 5.41) is 8.82. The number of hydrogen-bond acceptors (Lipinski definition) is 3. The van der Waals surface area contributed by atoms with Gasteiger partial charge in [-0.25, -0.2) is 14.2 Å². The quantitative estimate of drug-likeness (QED) is 0.943. The number of rotatable bonds is 3. The van der Waals surface area contributed by atoms with E-state index in [4.69, 9.17) is 9.84 Å². The van der Waals surface area contributed by atoms with Crippen LogP contribution in [-0.2, 0) is 0 Å². The fourth-order valence-electron chi connectivity index (χ4n) is 1.23. The molecule has 6 heteroatoms. The minimum absolute atomic E-state index is 0.113. The maximum Gasteiger partial charge on any atom is 0.354 e. The van der Waals surface area contributed by atoms with Gasteiger partial charge in [0.25, 0.3) is 0 Å². The molecule has 18 heavy (non-hydrogen) atoms. The highest BCUT2D eigenvalue weighted by atomic mass is 79.9. The number of nitrogens with zero attached hydrogens (tertiary/aromatic N) is 1. The highest BCUT2D eigenvalue weighted by Crippen LogP contribution is 2.27. The van der Waals surface area contributed by atoms with Gasteiger partial charge in [-0.05, 0) is 52.3 Å². The number of carbonyl (C=O) groups is 1. The Labute approximate surface area is 110 Å². The fourth-order valence-corrected chi connectivity index (χ4v) is 1.53. The third-order valence-corrected chi connectivity index (χ3v) is 2.66. The topological polar surface area (TPSA) is 59.4 Å². The van der Waals surface area contributed by atoms with Crippen molar-refractivity contribution in [2.45, 2.75) is 0 Å². The fraction of sp³-hybridized carbons (Fsp3) is 0. The largest absolute Gasteiger partial charge is 0.477 e. The molecule has 1 N–H and O–H groups in total. The molecule has 0 atom stereocenters. The summed E-state index contributed by atoms with van der Waals surface area (Å²) in [6, 6.07) is 8.21. The molecule has 0 bridgehead atoms. The van der Waals surface area contributed by atoms with E-state index >= 15 is 0 Å². The molecule has 0 spiro atoms. The minimum Gasteiger partial charge on any atom is -0.477 e. The van der Waals surface area contributed by atoms with E-state index in [0.29, 0.717) is 10.2 Å². The Balaban J connectivity index is 2.30. The highest BCUT2D eigenvalue weighted by Gasteiger charge is 2.10. The summed E-state index contributed by atoms with van der Waals surface area (Å²) in [6.45, 7) is 0. The molecule has 0 saturated carbocycles. The van der Waals surface area contributed by atoms with Gasteiger partial charge in [0, 0.05) is 0 Å². The molecular formula is C12H7BrFNO3. The zero-order valence-corrected chi connectivity index (χ0v) is 10.5. The van der Waals surface area contributed by atoms with Gasteiger partial charge in [-0.15, -0.1) is 0 Å². The number of ether oxygens (including phenoxy) is 1. The first-order valence-corrected chi connectivity index (χ1v) is 5.69. The molecule has 92 valence electrons. The summed E-state index contributed by atoms with van der Waals surface area (Å²) < 4.78 is 18.6. The molecule has 0 amide bonds. The Morgan fingerprint density at radius 2 is 1.89 bits per heavy atom. The third-order valence-electron chi connectivity index (χ3n) is 2.06. The van der Waals surface area contributed by atoms with Gasteiger partial charge < -0.3 is 9.84 Å². The van der Waals surface area contributed by atoms with E-state index in [2.05, 4.69) is 20.9 Å². The SMILES string of the molecule is O=C(O)c1ccc(Br)c(Oc2ccc(F)cc2)n1. The first-order chi connectivity index (χ1) is 8.56. The Hall–Kier alpha value is -1.95. The van der Waals surface area contributed by atoms with Crippen molar-refractivity contribution in [1.82, 2.24) is 4.98 Å². The van der Waals surface area contributed by atoms with E-state index in [-0.39, 0.29) is 17.4 Å². The second-order valence-electron chi connectivity index (χ2n) is 3.34. The van der Waals surface area contributed by atoms with Crippen LogP contribution in [0.4, 0.5) is 4.39 Å². The standard InChI is InChI=1S/C12H7BrFNO3/c13-9-5-6-10(12(16)17)15-11(9)18-8-3-1-7(14)2-4-8/h1-6H,(H,16,17). The van der Waals surface area contributed by atoms with Crippen molar-refractivity contribution in [1.29, 1.82) is 0 Å². The summed E-state index contributed by atoms with van der Waals surface area (Å²) in [5.41, 5.74) is -0.129. The molecular weight excluding hydrogens is 305 g/mol. The molecule has 0 aliphatic heterocycles. The van der Waals surface area contributed by atoms with Crippen LogP contribution in [0.2, 0.25) is 0 Å². The monoisotopic (exact) mass is 311 g/mol. The minimum atomic E-state index is -1.15. The first-order valence-electron chi connectivity index (χ1n) is 4.89. The number of halogens is 2. The highest BCUT2D eigenvalue weighted by molar-refractivity contribution is 9.10. The molecule has 1 heterocycles. The van der Waals surface area contributed by atoms with Gasteiger partial charge >= 0.3 is 5.97 Å². The van der Waals surface area contributed by atoms with Crippen molar-refractivity contribution in [2.24, 2.45) is 0 Å². The molecule has 0 unspecified atom stereocenters. The van der Waals surface area contributed by atoms with Crippen LogP contribution in [0.25, 0.3) is 0 Å². The number of aromatic carboxylic acids is 1. The van der Waals surface area contributed by atoms with E-state index in [1.807, 2.05) is 0 Å². The average Bonchev–Trinajstić information content (AvgIpc) is 2.34. The van der Waals surface area contributed by atoms with E-state index < -0.39 is 5.97 Å². The number of pyridine rings is 1. The summed E-state index contributed by atoms with van der Waals surface area (Å²) in [5.74, 6) is -1.05. The first kappa shape index (κ1) is 12.5. The number of benzene rings is 1. The summed E-state index contributed by atoms with van der Waals surface area (Å²) in [7, 11) is 0. The smallest absolute Gasteiger partial charge is 0.354 e. The lowest BCUT2D eigenvalue weighted by atomic mass is 10.3. The second-order valence-corrected chi connectivity index (χ2v) is 4.20. The van der Waals surface area contributed by atoms with Crippen LogP contribution in [0.3, 0.4) is 0 Å². The Morgan fingerprint density at radius 1 is 1.22 bits per heavy atom. The number of hydrogen-bond donors (Lipinski definition) is 1. The molecule has 2 aromatic rings. The van der Waals surface area contributed by atoms with Gasteiger partial charge in [0.05, 0.1) is 4.47 Å². The molecule has 0 aliphatic carbocycles. The van der Waals surface area contributed by atoms with Crippen molar-refractivity contribution in [3.05, 3.63) is 52.4 Å². The van der Waals surface area contributed by atoms with Crippen LogP contribution in [0.15, 0.2) is 40.9 Å². The van der Waals surface area contributed by atoms with Crippen molar-refractivity contribution >= 4 is 21.9 Å². The van der Waals surface area contributed by atoms with E-state index in [9.17, 15) is 9.18 Å².